The molecule has 23 heavy (non-hydrogen) atoms. The maximum Gasteiger partial charge on any atom is 0.406 e. The Labute approximate surface area is 136 Å². The molecule has 0 heterocycles. The van der Waals surface area contributed by atoms with Crippen molar-refractivity contribution in [3.05, 3.63) is 47.5 Å². The summed E-state index contributed by atoms with van der Waals surface area (Å²) in [6.07, 6.45) is 0.930. The largest absolute Gasteiger partial charge is 0.552 e. The van der Waals surface area contributed by atoms with Crippen LogP contribution in [0.3, 0.4) is 0 Å². The fraction of sp³-hybridized carbons (Fsp3) is 0.188. The van der Waals surface area contributed by atoms with Crippen LogP contribution in [-0.4, -0.2) is 37.7 Å². The molecular formula is C16H18B2N2O3. The molecule has 3 rings (SSSR count). The summed E-state index contributed by atoms with van der Waals surface area (Å²) < 4.78 is 5.03. The molecule has 7 heteroatoms. The minimum absolute atomic E-state index is 0.0208. The molecule has 5 nitrogen and oxygen atoms in total. The van der Waals surface area contributed by atoms with Gasteiger partial charge in [-0.25, -0.2) is 0 Å². The number of nitrogens with one attached hydrogen (secondary N) is 2. The first-order valence-electron chi connectivity index (χ1n) is 7.57. The summed E-state index contributed by atoms with van der Waals surface area (Å²) in [4.78, 5) is 0. The summed E-state index contributed by atoms with van der Waals surface area (Å²) in [7, 11) is -0.283. The molecule has 0 radical (unpaired) electrons. The van der Waals surface area contributed by atoms with Gasteiger partial charge in [-0.05, 0) is 46.7 Å². The minimum atomic E-state index is -0.630. The van der Waals surface area contributed by atoms with Gasteiger partial charge in [0.05, 0.1) is 6.61 Å². The summed E-state index contributed by atoms with van der Waals surface area (Å²) in [6.45, 7) is 1.69. The second-order valence-electron chi connectivity index (χ2n) is 5.71. The van der Waals surface area contributed by atoms with Gasteiger partial charge in [0.2, 0.25) is 0 Å². The van der Waals surface area contributed by atoms with Crippen LogP contribution in [0.1, 0.15) is 17.0 Å². The van der Waals surface area contributed by atoms with Crippen molar-refractivity contribution in [2.75, 3.05) is 11.8 Å². The Bertz CT molecular complexity index is 737. The molecule has 0 aromatic heterocycles. The second-order valence-corrected chi connectivity index (χ2v) is 5.71. The SMILES string of the molecule is CB(O)Nc1ccc2c(c1)C(CO)c1cc(BOC=N)ccc1-2. The number of rotatable bonds is 6. The highest BCUT2D eigenvalue weighted by Crippen LogP contribution is 2.45. The average Bonchev–Trinajstić information content (AvgIpc) is 2.84. The summed E-state index contributed by atoms with van der Waals surface area (Å²) >= 11 is 0. The lowest BCUT2D eigenvalue weighted by molar-refractivity contribution is 0.282. The molecule has 0 spiro atoms. The lowest BCUT2D eigenvalue weighted by Gasteiger charge is -2.13. The summed E-state index contributed by atoms with van der Waals surface area (Å²) in [5, 5.41) is 29.3. The Morgan fingerprint density at radius 3 is 2.61 bits per heavy atom. The zero-order chi connectivity index (χ0) is 16.4. The summed E-state index contributed by atoms with van der Waals surface area (Å²) in [6, 6.07) is 12.0. The van der Waals surface area contributed by atoms with Crippen molar-refractivity contribution in [2.24, 2.45) is 0 Å². The first kappa shape index (κ1) is 15.6. The molecule has 1 aliphatic carbocycles. The maximum absolute atomic E-state index is 9.86. The number of hydrogen-bond donors (Lipinski definition) is 4. The Morgan fingerprint density at radius 2 is 1.96 bits per heavy atom. The average molecular weight is 308 g/mol. The van der Waals surface area contributed by atoms with Gasteiger partial charge in [0.25, 0.3) is 0 Å². The highest BCUT2D eigenvalue weighted by atomic mass is 16.4. The van der Waals surface area contributed by atoms with E-state index in [2.05, 4.69) is 5.23 Å². The summed E-state index contributed by atoms with van der Waals surface area (Å²) in [5.74, 6) is -0.0873. The standard InChI is InChI=1S/C16H18B2N2O3/c1-18(22)20-11-3-5-13-12-4-2-10(17-23-9-19)6-14(12)16(8-21)15(13)7-11/h2-7,9,16-17,19-22H,8H2,1H3. The molecule has 0 bridgehead atoms. The van der Waals surface area contributed by atoms with Gasteiger partial charge < -0.3 is 20.0 Å². The molecule has 1 atom stereocenters. The van der Waals surface area contributed by atoms with Crippen LogP contribution >= 0.6 is 0 Å². The fourth-order valence-electron chi connectivity index (χ4n) is 3.16. The second kappa shape index (κ2) is 6.48. The monoisotopic (exact) mass is 308 g/mol. The van der Waals surface area contributed by atoms with E-state index < -0.39 is 7.05 Å². The van der Waals surface area contributed by atoms with E-state index in [0.29, 0.717) is 7.48 Å². The highest BCUT2D eigenvalue weighted by molar-refractivity contribution is 6.52. The predicted molar refractivity (Wildman–Crippen MR) is 94.9 cm³/mol. The van der Waals surface area contributed by atoms with Crippen LogP contribution in [0, 0.1) is 5.41 Å². The molecule has 0 fully saturated rings. The van der Waals surface area contributed by atoms with Gasteiger partial charge in [0, 0.05) is 11.6 Å². The van der Waals surface area contributed by atoms with Gasteiger partial charge in [-0.15, -0.1) is 0 Å². The van der Waals surface area contributed by atoms with E-state index in [1.165, 1.54) is 0 Å². The molecule has 116 valence electrons. The molecule has 4 N–H and O–H groups in total. The van der Waals surface area contributed by atoms with E-state index in [4.69, 9.17) is 10.1 Å². The van der Waals surface area contributed by atoms with Gasteiger partial charge in [-0.3, -0.25) is 5.41 Å². The van der Waals surface area contributed by atoms with Crippen molar-refractivity contribution in [1.29, 1.82) is 5.41 Å². The number of benzene rings is 2. The summed E-state index contributed by atoms with van der Waals surface area (Å²) in [5.41, 5.74) is 6.15. The molecular weight excluding hydrogens is 290 g/mol. The fourth-order valence-corrected chi connectivity index (χ4v) is 3.16. The number of aliphatic hydroxyl groups excluding tert-OH is 1. The Balaban J connectivity index is 2.00. The van der Waals surface area contributed by atoms with Crippen LogP contribution in [0.5, 0.6) is 0 Å². The lowest BCUT2D eigenvalue weighted by atomic mass is 9.84. The molecule has 2 aromatic rings. The van der Waals surface area contributed by atoms with Crippen LogP contribution in [0.2, 0.25) is 6.82 Å². The Hall–Kier alpha value is -2.24. The van der Waals surface area contributed by atoms with E-state index in [9.17, 15) is 10.1 Å². The lowest BCUT2D eigenvalue weighted by Crippen LogP contribution is -2.19. The van der Waals surface area contributed by atoms with Crippen LogP contribution in [0.4, 0.5) is 5.69 Å². The Kier molecular flexibility index (Phi) is 4.41. The van der Waals surface area contributed by atoms with Crippen LogP contribution < -0.4 is 10.7 Å². The van der Waals surface area contributed by atoms with Gasteiger partial charge in [-0.2, -0.15) is 0 Å². The number of aliphatic hydroxyl groups is 1. The van der Waals surface area contributed by atoms with Crippen molar-refractivity contribution in [3.8, 4) is 11.1 Å². The molecule has 0 aliphatic heterocycles. The number of hydrogen-bond acceptors (Lipinski definition) is 5. The third-order valence-electron chi connectivity index (χ3n) is 4.10. The van der Waals surface area contributed by atoms with Crippen molar-refractivity contribution >= 4 is 32.1 Å². The predicted octanol–water partition coefficient (Wildman–Crippen LogP) is 0.914. The molecule has 0 amide bonds. The minimum Gasteiger partial charge on any atom is -0.552 e. The van der Waals surface area contributed by atoms with Crippen LogP contribution in [-0.2, 0) is 4.65 Å². The normalized spacial score (nSPS) is 14.7. The molecule has 0 saturated heterocycles. The van der Waals surface area contributed by atoms with Crippen molar-refractivity contribution in [3.63, 3.8) is 0 Å². The van der Waals surface area contributed by atoms with Gasteiger partial charge in [0.15, 0.2) is 0 Å². The molecule has 1 unspecified atom stereocenters. The number of anilines is 1. The van der Waals surface area contributed by atoms with E-state index in [0.717, 1.165) is 39.8 Å². The van der Waals surface area contributed by atoms with Crippen molar-refractivity contribution < 1.29 is 14.8 Å². The molecule has 0 saturated carbocycles. The zero-order valence-electron chi connectivity index (χ0n) is 12.9. The van der Waals surface area contributed by atoms with Crippen LogP contribution in [0.25, 0.3) is 11.1 Å². The van der Waals surface area contributed by atoms with Gasteiger partial charge in [0.1, 0.15) is 6.40 Å². The first-order valence-corrected chi connectivity index (χ1v) is 7.57. The smallest absolute Gasteiger partial charge is 0.406 e. The van der Waals surface area contributed by atoms with E-state index in [-0.39, 0.29) is 12.5 Å². The zero-order valence-corrected chi connectivity index (χ0v) is 12.9. The van der Waals surface area contributed by atoms with E-state index in [1.807, 2.05) is 36.4 Å². The third-order valence-corrected chi connectivity index (χ3v) is 4.10. The van der Waals surface area contributed by atoms with Crippen LogP contribution in [0.15, 0.2) is 36.4 Å². The van der Waals surface area contributed by atoms with Crippen molar-refractivity contribution in [1.82, 2.24) is 0 Å². The van der Waals surface area contributed by atoms with Crippen molar-refractivity contribution in [2.45, 2.75) is 12.7 Å². The molecule has 1 aliphatic rings. The van der Waals surface area contributed by atoms with E-state index in [1.54, 1.807) is 6.82 Å². The highest BCUT2D eigenvalue weighted by Gasteiger charge is 2.28. The van der Waals surface area contributed by atoms with E-state index >= 15 is 0 Å². The molecule has 2 aromatic carbocycles. The van der Waals surface area contributed by atoms with Gasteiger partial charge >= 0.3 is 14.5 Å². The van der Waals surface area contributed by atoms with Gasteiger partial charge in [-0.1, -0.05) is 24.3 Å². The maximum atomic E-state index is 9.86. The Morgan fingerprint density at radius 1 is 1.26 bits per heavy atom. The number of fused-ring (bicyclic) bond motifs is 3. The quantitative estimate of drug-likeness (QED) is 0.363. The third kappa shape index (κ3) is 2.98. The first-order chi connectivity index (χ1) is 11.1. The topological polar surface area (TPSA) is 85.6 Å².